The molecule has 7 heteroatoms. The summed E-state index contributed by atoms with van der Waals surface area (Å²) in [6, 6.07) is 3.59. The number of nitrogens with one attached hydrogen (secondary N) is 1. The molecule has 0 aromatic carbocycles. The molecule has 2 aromatic rings. The fourth-order valence-electron chi connectivity index (χ4n) is 1.30. The zero-order valence-corrected chi connectivity index (χ0v) is 10.5. The van der Waals surface area contributed by atoms with Gasteiger partial charge in [-0.1, -0.05) is 0 Å². The number of rotatable bonds is 4. The van der Waals surface area contributed by atoms with E-state index >= 15 is 0 Å². The Bertz CT molecular complexity index is 573. The number of carbonyl (C=O) groups is 1. The molecule has 0 spiro atoms. The Balaban J connectivity index is 1.83. The predicted octanol–water partition coefficient (Wildman–Crippen LogP) is 1.32. The van der Waals surface area contributed by atoms with Crippen molar-refractivity contribution in [2.24, 2.45) is 5.10 Å². The number of nitrogens with zero attached hydrogens (tertiary/aromatic N) is 2. The Hall–Kier alpha value is -2.15. The molecule has 0 saturated carbocycles. The van der Waals surface area contributed by atoms with E-state index in [4.69, 9.17) is 10.2 Å². The zero-order chi connectivity index (χ0) is 13.0. The van der Waals surface area contributed by atoms with Gasteiger partial charge in [-0.15, -0.1) is 11.3 Å². The van der Waals surface area contributed by atoms with Gasteiger partial charge in [-0.3, -0.25) is 4.79 Å². The smallest absolute Gasteiger partial charge is 0.246 e. The molecule has 0 radical (unpaired) electrons. The number of thiazole rings is 1. The summed E-state index contributed by atoms with van der Waals surface area (Å²) in [6.45, 7) is 1.84. The molecule has 0 aliphatic carbocycles. The number of furan rings is 1. The summed E-state index contributed by atoms with van der Waals surface area (Å²) in [5.41, 5.74) is 8.50. The minimum atomic E-state index is -0.250. The number of amides is 1. The zero-order valence-electron chi connectivity index (χ0n) is 9.71. The minimum absolute atomic E-state index is 0.155. The molecular formula is C11H12N4O2S. The molecule has 0 atom stereocenters. The van der Waals surface area contributed by atoms with Gasteiger partial charge in [0.2, 0.25) is 5.91 Å². The molecular weight excluding hydrogens is 252 g/mol. The number of hydrazone groups is 1. The molecule has 0 unspecified atom stereocenters. The lowest BCUT2D eigenvalue weighted by atomic mass is 10.3. The van der Waals surface area contributed by atoms with Gasteiger partial charge in [-0.2, -0.15) is 5.10 Å². The van der Waals surface area contributed by atoms with Crippen LogP contribution in [-0.2, 0) is 11.2 Å². The van der Waals surface area contributed by atoms with Crippen molar-refractivity contribution in [2.45, 2.75) is 13.3 Å². The first kappa shape index (κ1) is 12.3. The van der Waals surface area contributed by atoms with Crippen LogP contribution in [0.25, 0.3) is 0 Å². The molecule has 2 heterocycles. The molecule has 6 nitrogen and oxygen atoms in total. The summed E-state index contributed by atoms with van der Waals surface area (Å²) in [6.07, 6.45) is 1.60. The van der Waals surface area contributed by atoms with Crippen LogP contribution >= 0.6 is 11.3 Å². The molecule has 3 N–H and O–H groups in total. The Morgan fingerprint density at radius 1 is 1.67 bits per heavy atom. The van der Waals surface area contributed by atoms with Crippen molar-refractivity contribution >= 4 is 28.6 Å². The van der Waals surface area contributed by atoms with Crippen molar-refractivity contribution in [1.29, 1.82) is 0 Å². The van der Waals surface area contributed by atoms with E-state index in [-0.39, 0.29) is 12.3 Å². The van der Waals surface area contributed by atoms with Crippen molar-refractivity contribution in [1.82, 2.24) is 10.4 Å². The van der Waals surface area contributed by atoms with Gasteiger partial charge in [0.15, 0.2) is 5.13 Å². The minimum Gasteiger partial charge on any atom is -0.460 e. The van der Waals surface area contributed by atoms with Crippen LogP contribution in [0.5, 0.6) is 0 Å². The molecule has 2 rings (SSSR count). The van der Waals surface area contributed by atoms with Crippen molar-refractivity contribution in [3.05, 3.63) is 34.7 Å². The van der Waals surface area contributed by atoms with Gasteiger partial charge >= 0.3 is 0 Å². The van der Waals surface area contributed by atoms with Crippen LogP contribution in [-0.4, -0.2) is 17.1 Å². The average Bonchev–Trinajstić information content (AvgIpc) is 2.88. The second kappa shape index (κ2) is 5.46. The van der Waals surface area contributed by atoms with Gasteiger partial charge in [0.05, 0.1) is 18.3 Å². The molecule has 2 aromatic heterocycles. The van der Waals surface area contributed by atoms with Crippen molar-refractivity contribution in [2.75, 3.05) is 5.73 Å². The molecule has 1 amide bonds. The third-order valence-electron chi connectivity index (χ3n) is 2.05. The van der Waals surface area contributed by atoms with Crippen molar-refractivity contribution in [3.63, 3.8) is 0 Å². The van der Waals surface area contributed by atoms with E-state index in [0.29, 0.717) is 16.6 Å². The van der Waals surface area contributed by atoms with Crippen molar-refractivity contribution < 1.29 is 9.21 Å². The van der Waals surface area contributed by atoms with E-state index in [9.17, 15) is 4.79 Å². The fourth-order valence-corrected chi connectivity index (χ4v) is 1.86. The molecule has 94 valence electrons. The van der Waals surface area contributed by atoms with E-state index < -0.39 is 0 Å². The average molecular weight is 264 g/mol. The number of hydrogen-bond acceptors (Lipinski definition) is 6. The highest BCUT2D eigenvalue weighted by Gasteiger charge is 2.05. The number of aryl methyl sites for hydroxylation is 1. The van der Waals surface area contributed by atoms with Crippen molar-refractivity contribution in [3.8, 4) is 0 Å². The summed E-state index contributed by atoms with van der Waals surface area (Å²) in [5, 5.41) is 5.98. The van der Waals surface area contributed by atoms with Gasteiger partial charge in [0.25, 0.3) is 0 Å². The third kappa shape index (κ3) is 3.42. The van der Waals surface area contributed by atoms with Crippen LogP contribution in [0, 0.1) is 6.92 Å². The van der Waals surface area contributed by atoms with E-state index in [1.807, 2.05) is 13.0 Å². The number of anilines is 1. The number of carbonyl (C=O) groups excluding carboxylic acids is 1. The fraction of sp³-hybridized carbons (Fsp3) is 0.182. The maximum atomic E-state index is 11.5. The maximum Gasteiger partial charge on any atom is 0.246 e. The highest BCUT2D eigenvalue weighted by molar-refractivity contribution is 7.13. The highest BCUT2D eigenvalue weighted by atomic mass is 32.1. The molecule has 0 saturated heterocycles. The second-order valence-corrected chi connectivity index (χ2v) is 4.49. The molecule has 0 fully saturated rings. The Morgan fingerprint density at radius 3 is 3.11 bits per heavy atom. The first-order valence-corrected chi connectivity index (χ1v) is 6.09. The van der Waals surface area contributed by atoms with Crippen LogP contribution in [0.2, 0.25) is 0 Å². The first-order valence-electron chi connectivity index (χ1n) is 5.22. The summed E-state index contributed by atoms with van der Waals surface area (Å²) >= 11 is 1.30. The molecule has 0 aliphatic rings. The summed E-state index contributed by atoms with van der Waals surface area (Å²) in [4.78, 5) is 15.5. The second-order valence-electron chi connectivity index (χ2n) is 3.60. The van der Waals surface area contributed by atoms with Crippen LogP contribution < -0.4 is 11.2 Å². The molecule has 0 bridgehead atoms. The van der Waals surface area contributed by atoms with Gasteiger partial charge in [-0.05, 0) is 19.1 Å². The number of nitrogens with two attached hydrogens (primary N) is 1. The van der Waals surface area contributed by atoms with Gasteiger partial charge in [-0.25, -0.2) is 10.4 Å². The largest absolute Gasteiger partial charge is 0.460 e. The highest BCUT2D eigenvalue weighted by Crippen LogP contribution is 2.11. The van der Waals surface area contributed by atoms with Gasteiger partial charge in [0.1, 0.15) is 11.5 Å². The van der Waals surface area contributed by atoms with E-state index in [1.165, 1.54) is 17.6 Å². The first-order chi connectivity index (χ1) is 8.63. The number of hydrogen-bond donors (Lipinski definition) is 2. The SMILES string of the molecule is Cc1ccc(/C=N/NC(=O)Cc2csc(N)n2)o1. The summed E-state index contributed by atoms with van der Waals surface area (Å²) in [7, 11) is 0. The van der Waals surface area contributed by atoms with Crippen LogP contribution in [0.4, 0.5) is 5.13 Å². The lowest BCUT2D eigenvalue weighted by Gasteiger charge is -1.95. The van der Waals surface area contributed by atoms with Gasteiger partial charge in [0, 0.05) is 5.38 Å². The third-order valence-corrected chi connectivity index (χ3v) is 2.78. The molecule has 18 heavy (non-hydrogen) atoms. The summed E-state index contributed by atoms with van der Waals surface area (Å²) in [5.74, 6) is 1.13. The van der Waals surface area contributed by atoms with Crippen LogP contribution in [0.1, 0.15) is 17.2 Å². The standard InChI is InChI=1S/C11H12N4O2S/c1-7-2-3-9(17-7)5-13-15-10(16)4-8-6-18-11(12)14-8/h2-3,5-6H,4H2,1H3,(H2,12,14)(H,15,16)/b13-5+. The Labute approximate surface area is 108 Å². The van der Waals surface area contributed by atoms with Crippen LogP contribution in [0.15, 0.2) is 27.0 Å². The van der Waals surface area contributed by atoms with Gasteiger partial charge < -0.3 is 10.2 Å². The predicted molar refractivity (Wildman–Crippen MR) is 69.4 cm³/mol. The van der Waals surface area contributed by atoms with Crippen LogP contribution in [0.3, 0.4) is 0 Å². The quantitative estimate of drug-likeness (QED) is 0.643. The lowest BCUT2D eigenvalue weighted by Crippen LogP contribution is -2.19. The maximum absolute atomic E-state index is 11.5. The lowest BCUT2D eigenvalue weighted by molar-refractivity contribution is -0.120. The Morgan fingerprint density at radius 2 is 2.50 bits per heavy atom. The Kier molecular flexibility index (Phi) is 3.73. The number of nitrogen functional groups attached to an aromatic ring is 1. The topological polar surface area (TPSA) is 93.5 Å². The monoisotopic (exact) mass is 264 g/mol. The normalized spacial score (nSPS) is 10.9. The number of aromatic nitrogens is 1. The van der Waals surface area contributed by atoms with E-state index in [0.717, 1.165) is 5.76 Å². The van der Waals surface area contributed by atoms with E-state index in [1.54, 1.807) is 11.4 Å². The van der Waals surface area contributed by atoms with E-state index in [2.05, 4.69) is 15.5 Å². The summed E-state index contributed by atoms with van der Waals surface area (Å²) < 4.78 is 5.26. The molecule has 0 aliphatic heterocycles.